The lowest BCUT2D eigenvalue weighted by atomic mass is 10.0. The van der Waals surface area contributed by atoms with Gasteiger partial charge in [-0.15, -0.1) is 0 Å². The van der Waals surface area contributed by atoms with E-state index in [2.05, 4.69) is 157 Å². The van der Waals surface area contributed by atoms with E-state index in [1.165, 1.54) is 21.5 Å². The highest BCUT2D eigenvalue weighted by molar-refractivity contribution is 6.19. The lowest BCUT2D eigenvalue weighted by Crippen LogP contribution is -2.09. The standard InChI is InChI=1S/C44H27NO2/c1-2-12-33(13-3-1)45(35-20-17-28-19-22-41-44(38(28)27-35)37-15-6-7-16-40(37)46-41)34-14-8-11-29(23-34)32-18-21-36-39-24-30-9-4-5-10-31(30)25-43(39)47-42(36)26-32/h1-27H. The van der Waals surface area contributed by atoms with Crippen LogP contribution in [0.5, 0.6) is 0 Å². The van der Waals surface area contributed by atoms with E-state index >= 15 is 0 Å². The smallest absolute Gasteiger partial charge is 0.136 e. The van der Waals surface area contributed by atoms with Gasteiger partial charge in [0.05, 0.1) is 0 Å². The van der Waals surface area contributed by atoms with Crippen LogP contribution in [-0.2, 0) is 0 Å². The predicted molar refractivity (Wildman–Crippen MR) is 196 cm³/mol. The van der Waals surface area contributed by atoms with Crippen LogP contribution in [0.2, 0.25) is 0 Å². The van der Waals surface area contributed by atoms with Crippen LogP contribution in [0.15, 0.2) is 173 Å². The molecular formula is C44H27NO2. The number of fused-ring (bicyclic) bond motifs is 9. The van der Waals surface area contributed by atoms with Crippen LogP contribution in [0, 0.1) is 0 Å². The van der Waals surface area contributed by atoms with Crippen molar-refractivity contribution in [1.82, 2.24) is 0 Å². The zero-order chi connectivity index (χ0) is 30.9. The highest BCUT2D eigenvalue weighted by atomic mass is 16.3. The molecule has 0 saturated heterocycles. The molecule has 0 unspecified atom stereocenters. The maximum atomic E-state index is 6.42. The van der Waals surface area contributed by atoms with Crippen molar-refractivity contribution in [2.24, 2.45) is 0 Å². The fourth-order valence-corrected chi connectivity index (χ4v) is 7.16. The van der Waals surface area contributed by atoms with Gasteiger partial charge in [-0.2, -0.15) is 0 Å². The van der Waals surface area contributed by atoms with E-state index in [1.54, 1.807) is 0 Å². The summed E-state index contributed by atoms with van der Waals surface area (Å²) in [5.74, 6) is 0. The highest BCUT2D eigenvalue weighted by Crippen LogP contribution is 2.41. The summed E-state index contributed by atoms with van der Waals surface area (Å²) in [6.07, 6.45) is 0. The second-order valence-electron chi connectivity index (χ2n) is 12.2. The Morgan fingerprint density at radius 1 is 0.319 bits per heavy atom. The molecule has 47 heavy (non-hydrogen) atoms. The Morgan fingerprint density at radius 3 is 1.94 bits per heavy atom. The van der Waals surface area contributed by atoms with Gasteiger partial charge in [0.1, 0.15) is 22.3 Å². The summed E-state index contributed by atoms with van der Waals surface area (Å²) in [5.41, 5.74) is 9.10. The maximum Gasteiger partial charge on any atom is 0.136 e. The van der Waals surface area contributed by atoms with Crippen molar-refractivity contribution in [3.05, 3.63) is 164 Å². The van der Waals surface area contributed by atoms with Crippen LogP contribution < -0.4 is 4.90 Å². The molecule has 0 fully saturated rings. The number of rotatable bonds is 4. The molecule has 2 heterocycles. The van der Waals surface area contributed by atoms with Crippen molar-refractivity contribution in [3.63, 3.8) is 0 Å². The topological polar surface area (TPSA) is 29.5 Å². The molecule has 0 spiro atoms. The summed E-state index contributed by atoms with van der Waals surface area (Å²) in [5, 5.41) is 9.31. The van der Waals surface area contributed by atoms with Gasteiger partial charge in [-0.05, 0) is 105 Å². The van der Waals surface area contributed by atoms with Gasteiger partial charge in [-0.1, -0.05) is 91.0 Å². The van der Waals surface area contributed by atoms with Gasteiger partial charge in [0.2, 0.25) is 0 Å². The lowest BCUT2D eigenvalue weighted by molar-refractivity contribution is 0.669. The van der Waals surface area contributed by atoms with Crippen molar-refractivity contribution in [3.8, 4) is 11.1 Å². The number of hydrogen-bond acceptors (Lipinski definition) is 3. The molecule has 10 aromatic rings. The van der Waals surface area contributed by atoms with E-state index in [9.17, 15) is 0 Å². The molecule has 0 saturated carbocycles. The zero-order valence-electron chi connectivity index (χ0n) is 25.4. The molecule has 10 rings (SSSR count). The first-order chi connectivity index (χ1) is 23.3. The molecule has 0 aliphatic carbocycles. The lowest BCUT2D eigenvalue weighted by Gasteiger charge is -2.26. The number of para-hydroxylation sites is 2. The Kier molecular flexibility index (Phi) is 5.57. The molecule has 8 aromatic carbocycles. The normalized spacial score (nSPS) is 11.8. The molecule has 0 amide bonds. The SMILES string of the molecule is c1ccc(N(c2cccc(-c3ccc4c(c3)oc3cc5ccccc5cc34)c2)c2ccc3ccc4oc5ccccc5c4c3c2)cc1. The molecular weight excluding hydrogens is 574 g/mol. The van der Waals surface area contributed by atoms with Gasteiger partial charge in [0, 0.05) is 38.6 Å². The van der Waals surface area contributed by atoms with Crippen molar-refractivity contribution in [2.75, 3.05) is 4.90 Å². The van der Waals surface area contributed by atoms with E-state index in [1.807, 2.05) is 12.1 Å². The average Bonchev–Trinajstić information content (AvgIpc) is 3.69. The van der Waals surface area contributed by atoms with Crippen LogP contribution in [0.3, 0.4) is 0 Å². The minimum Gasteiger partial charge on any atom is -0.456 e. The Hall–Kier alpha value is -6.32. The van der Waals surface area contributed by atoms with E-state index in [-0.39, 0.29) is 0 Å². The Labute approximate surface area is 270 Å². The molecule has 0 aliphatic heterocycles. The van der Waals surface area contributed by atoms with Crippen LogP contribution in [0.25, 0.3) is 76.5 Å². The summed E-state index contributed by atoms with van der Waals surface area (Å²) >= 11 is 0. The molecule has 3 heteroatoms. The first-order valence-electron chi connectivity index (χ1n) is 15.9. The number of furan rings is 2. The first kappa shape index (κ1) is 26.0. The maximum absolute atomic E-state index is 6.42. The molecule has 2 aromatic heterocycles. The summed E-state index contributed by atoms with van der Waals surface area (Å²) < 4.78 is 12.7. The Morgan fingerprint density at radius 2 is 1.02 bits per heavy atom. The van der Waals surface area contributed by atoms with Crippen molar-refractivity contribution < 1.29 is 8.83 Å². The van der Waals surface area contributed by atoms with Crippen LogP contribution in [-0.4, -0.2) is 0 Å². The summed E-state index contributed by atoms with van der Waals surface area (Å²) in [6.45, 7) is 0. The van der Waals surface area contributed by atoms with Gasteiger partial charge in [0.25, 0.3) is 0 Å². The number of hydrogen-bond donors (Lipinski definition) is 0. The van der Waals surface area contributed by atoms with Gasteiger partial charge in [-0.3, -0.25) is 0 Å². The fraction of sp³-hybridized carbons (Fsp3) is 0. The third-order valence-electron chi connectivity index (χ3n) is 9.39. The first-order valence-corrected chi connectivity index (χ1v) is 15.9. The van der Waals surface area contributed by atoms with E-state index in [0.717, 1.165) is 72.1 Å². The van der Waals surface area contributed by atoms with Gasteiger partial charge in [0.15, 0.2) is 0 Å². The third kappa shape index (κ3) is 4.14. The Bertz CT molecular complexity index is 2810. The van der Waals surface area contributed by atoms with Crippen LogP contribution >= 0.6 is 0 Å². The number of benzene rings is 8. The van der Waals surface area contributed by atoms with E-state index in [0.29, 0.717) is 0 Å². The van der Waals surface area contributed by atoms with Crippen LogP contribution in [0.4, 0.5) is 17.1 Å². The van der Waals surface area contributed by atoms with Crippen molar-refractivity contribution in [1.29, 1.82) is 0 Å². The van der Waals surface area contributed by atoms with Gasteiger partial charge >= 0.3 is 0 Å². The molecule has 0 bridgehead atoms. The Balaban J connectivity index is 1.13. The van der Waals surface area contributed by atoms with Crippen molar-refractivity contribution in [2.45, 2.75) is 0 Å². The number of anilines is 3. The second kappa shape index (κ2) is 10.1. The quantitative estimate of drug-likeness (QED) is 0.201. The fourth-order valence-electron chi connectivity index (χ4n) is 7.16. The molecule has 0 atom stereocenters. The second-order valence-corrected chi connectivity index (χ2v) is 12.2. The van der Waals surface area contributed by atoms with Crippen LogP contribution in [0.1, 0.15) is 0 Å². The van der Waals surface area contributed by atoms with Crippen molar-refractivity contribution >= 4 is 82.5 Å². The predicted octanol–water partition coefficient (Wildman–Crippen LogP) is 12.9. The monoisotopic (exact) mass is 601 g/mol. The largest absolute Gasteiger partial charge is 0.456 e. The number of nitrogens with zero attached hydrogens (tertiary/aromatic N) is 1. The average molecular weight is 602 g/mol. The molecule has 0 N–H and O–H groups in total. The van der Waals surface area contributed by atoms with Gasteiger partial charge < -0.3 is 13.7 Å². The van der Waals surface area contributed by atoms with E-state index < -0.39 is 0 Å². The molecule has 220 valence electrons. The summed E-state index contributed by atoms with van der Waals surface area (Å²) in [4.78, 5) is 2.33. The third-order valence-corrected chi connectivity index (χ3v) is 9.39. The minimum absolute atomic E-state index is 0.893. The zero-order valence-corrected chi connectivity index (χ0v) is 25.4. The van der Waals surface area contributed by atoms with Gasteiger partial charge in [-0.25, -0.2) is 0 Å². The summed E-state index contributed by atoms with van der Waals surface area (Å²) in [7, 11) is 0. The highest BCUT2D eigenvalue weighted by Gasteiger charge is 2.17. The molecule has 0 aliphatic rings. The summed E-state index contributed by atoms with van der Waals surface area (Å²) in [6, 6.07) is 57.9. The molecule has 3 nitrogen and oxygen atoms in total. The minimum atomic E-state index is 0.893. The molecule has 0 radical (unpaired) electrons. The van der Waals surface area contributed by atoms with E-state index in [4.69, 9.17) is 8.83 Å².